The van der Waals surface area contributed by atoms with Gasteiger partial charge >= 0.3 is 5.97 Å². The van der Waals surface area contributed by atoms with E-state index in [1.807, 2.05) is 6.07 Å². The van der Waals surface area contributed by atoms with Gasteiger partial charge in [0.1, 0.15) is 13.2 Å². The number of ether oxygens (including phenoxy) is 3. The minimum absolute atomic E-state index is 0.0725. The summed E-state index contributed by atoms with van der Waals surface area (Å²) in [6.07, 6.45) is -1.08. The lowest BCUT2D eigenvalue weighted by molar-refractivity contribution is -0.166. The van der Waals surface area contributed by atoms with Gasteiger partial charge in [-0.1, -0.05) is 6.07 Å². The lowest BCUT2D eigenvalue weighted by Gasteiger charge is -2.35. The molecule has 1 fully saturated rings. The van der Waals surface area contributed by atoms with Crippen LogP contribution in [0.5, 0.6) is 11.5 Å². The van der Waals surface area contributed by atoms with Crippen LogP contribution in [0.4, 0.5) is 0 Å². The number of rotatable bonds is 3. The maximum atomic E-state index is 12.5. The Balaban J connectivity index is 1.67. The highest BCUT2D eigenvalue weighted by Gasteiger charge is 2.32. The fraction of sp³-hybridized carbons (Fsp3) is 0.500. The summed E-state index contributed by atoms with van der Waals surface area (Å²) in [5.74, 6) is 0.149. The number of benzene rings is 1. The van der Waals surface area contributed by atoms with Crippen LogP contribution in [0, 0.1) is 0 Å². The SMILES string of the molecule is C[C@@H]1CN(C(=O)Cc2ccc3c(c2)OCCO3)CC(C(=O)O)O1. The first-order chi connectivity index (χ1) is 11.0. The zero-order valence-corrected chi connectivity index (χ0v) is 12.9. The van der Waals surface area contributed by atoms with Crippen molar-refractivity contribution < 1.29 is 28.9 Å². The second-order valence-corrected chi connectivity index (χ2v) is 5.73. The van der Waals surface area contributed by atoms with Crippen molar-refractivity contribution in [2.45, 2.75) is 25.6 Å². The molecule has 0 aromatic heterocycles. The van der Waals surface area contributed by atoms with Gasteiger partial charge in [0.25, 0.3) is 0 Å². The van der Waals surface area contributed by atoms with Crippen LogP contribution in [0.2, 0.25) is 0 Å². The molecular formula is C16H19NO6. The van der Waals surface area contributed by atoms with Crippen molar-refractivity contribution in [1.29, 1.82) is 0 Å². The first-order valence-electron chi connectivity index (χ1n) is 7.57. The number of morpholine rings is 1. The highest BCUT2D eigenvalue weighted by molar-refractivity contribution is 5.80. The minimum Gasteiger partial charge on any atom is -0.486 e. The smallest absolute Gasteiger partial charge is 0.334 e. The van der Waals surface area contributed by atoms with E-state index in [9.17, 15) is 9.59 Å². The van der Waals surface area contributed by atoms with Gasteiger partial charge in [-0.2, -0.15) is 0 Å². The van der Waals surface area contributed by atoms with Gasteiger partial charge in [-0.3, -0.25) is 4.79 Å². The number of carboxylic acid groups (broad SMARTS) is 1. The normalized spacial score (nSPS) is 23.4. The number of aliphatic carboxylic acids is 1. The lowest BCUT2D eigenvalue weighted by Crippen LogP contribution is -2.52. The molecule has 23 heavy (non-hydrogen) atoms. The Morgan fingerprint density at radius 1 is 1.22 bits per heavy atom. The van der Waals surface area contributed by atoms with E-state index in [0.717, 1.165) is 5.56 Å². The van der Waals surface area contributed by atoms with Gasteiger partial charge in [-0.05, 0) is 24.6 Å². The van der Waals surface area contributed by atoms with Crippen molar-refractivity contribution in [2.24, 2.45) is 0 Å². The number of amides is 1. The van der Waals surface area contributed by atoms with Crippen molar-refractivity contribution in [3.05, 3.63) is 23.8 Å². The zero-order valence-electron chi connectivity index (χ0n) is 12.9. The van der Waals surface area contributed by atoms with Crippen LogP contribution in [-0.4, -0.2) is 60.4 Å². The van der Waals surface area contributed by atoms with Gasteiger partial charge in [0.15, 0.2) is 17.6 Å². The van der Waals surface area contributed by atoms with E-state index in [1.54, 1.807) is 24.0 Å². The van der Waals surface area contributed by atoms with Gasteiger partial charge in [0, 0.05) is 6.54 Å². The molecule has 1 aromatic rings. The highest BCUT2D eigenvalue weighted by Crippen LogP contribution is 2.31. The third-order valence-corrected chi connectivity index (χ3v) is 3.85. The molecule has 7 heteroatoms. The largest absolute Gasteiger partial charge is 0.486 e. The van der Waals surface area contributed by atoms with Crippen LogP contribution < -0.4 is 9.47 Å². The molecule has 0 radical (unpaired) electrons. The Labute approximate surface area is 133 Å². The van der Waals surface area contributed by atoms with Crippen LogP contribution in [0.1, 0.15) is 12.5 Å². The van der Waals surface area contributed by atoms with Crippen LogP contribution in [0.15, 0.2) is 18.2 Å². The summed E-state index contributed by atoms with van der Waals surface area (Å²) in [6.45, 7) is 3.24. The Morgan fingerprint density at radius 3 is 2.70 bits per heavy atom. The molecule has 124 valence electrons. The molecule has 1 aromatic carbocycles. The second kappa shape index (κ2) is 6.45. The maximum Gasteiger partial charge on any atom is 0.334 e. The summed E-state index contributed by atoms with van der Waals surface area (Å²) < 4.78 is 16.3. The molecule has 2 aliphatic heterocycles. The Morgan fingerprint density at radius 2 is 1.96 bits per heavy atom. The van der Waals surface area contributed by atoms with E-state index in [0.29, 0.717) is 31.3 Å². The number of carbonyl (C=O) groups excluding carboxylic acids is 1. The number of carboxylic acids is 1. The molecule has 0 bridgehead atoms. The van der Waals surface area contributed by atoms with Crippen molar-refractivity contribution in [2.75, 3.05) is 26.3 Å². The lowest BCUT2D eigenvalue weighted by atomic mass is 10.1. The predicted octanol–water partition coefficient (Wildman–Crippen LogP) is 0.701. The van der Waals surface area contributed by atoms with Gasteiger partial charge in [0.05, 0.1) is 19.1 Å². The summed E-state index contributed by atoms with van der Waals surface area (Å²) in [5, 5.41) is 9.08. The number of hydrogen-bond donors (Lipinski definition) is 1. The Bertz CT molecular complexity index is 617. The molecular weight excluding hydrogens is 302 g/mol. The third kappa shape index (κ3) is 3.56. The van der Waals surface area contributed by atoms with Gasteiger partial charge in [-0.15, -0.1) is 0 Å². The molecule has 7 nitrogen and oxygen atoms in total. The monoisotopic (exact) mass is 321 g/mol. The van der Waals surface area contributed by atoms with E-state index < -0.39 is 12.1 Å². The van der Waals surface area contributed by atoms with E-state index in [4.69, 9.17) is 19.3 Å². The van der Waals surface area contributed by atoms with E-state index in [1.165, 1.54) is 0 Å². The number of carbonyl (C=O) groups is 2. The fourth-order valence-electron chi connectivity index (χ4n) is 2.78. The number of fused-ring (bicyclic) bond motifs is 1. The molecule has 1 saturated heterocycles. The Hall–Kier alpha value is -2.28. The first kappa shape index (κ1) is 15.6. The summed E-state index contributed by atoms with van der Waals surface area (Å²) >= 11 is 0. The van der Waals surface area contributed by atoms with Crippen molar-refractivity contribution in [1.82, 2.24) is 4.90 Å². The average Bonchev–Trinajstić information content (AvgIpc) is 2.54. The summed E-state index contributed by atoms with van der Waals surface area (Å²) in [7, 11) is 0. The number of hydrogen-bond acceptors (Lipinski definition) is 5. The first-order valence-corrected chi connectivity index (χ1v) is 7.57. The van der Waals surface area contributed by atoms with Crippen LogP contribution in [0.3, 0.4) is 0 Å². The molecule has 2 aliphatic rings. The van der Waals surface area contributed by atoms with Gasteiger partial charge < -0.3 is 24.2 Å². The molecule has 0 aliphatic carbocycles. The summed E-state index contributed by atoms with van der Waals surface area (Å²) in [4.78, 5) is 25.1. The number of nitrogens with zero attached hydrogens (tertiary/aromatic N) is 1. The predicted molar refractivity (Wildman–Crippen MR) is 79.7 cm³/mol. The summed E-state index contributed by atoms with van der Waals surface area (Å²) in [6, 6.07) is 5.41. The molecule has 0 spiro atoms. The zero-order chi connectivity index (χ0) is 16.4. The average molecular weight is 321 g/mol. The molecule has 2 heterocycles. The molecule has 3 rings (SSSR count). The van der Waals surface area contributed by atoms with Gasteiger partial charge in [0.2, 0.25) is 5.91 Å². The van der Waals surface area contributed by atoms with E-state index >= 15 is 0 Å². The van der Waals surface area contributed by atoms with E-state index in [2.05, 4.69) is 0 Å². The van der Waals surface area contributed by atoms with Gasteiger partial charge in [-0.25, -0.2) is 4.79 Å². The fourth-order valence-corrected chi connectivity index (χ4v) is 2.78. The van der Waals surface area contributed by atoms with Crippen LogP contribution in [0.25, 0.3) is 0 Å². The molecule has 1 amide bonds. The quantitative estimate of drug-likeness (QED) is 0.882. The van der Waals surface area contributed by atoms with Crippen LogP contribution in [-0.2, 0) is 20.7 Å². The third-order valence-electron chi connectivity index (χ3n) is 3.85. The van der Waals surface area contributed by atoms with Crippen molar-refractivity contribution >= 4 is 11.9 Å². The summed E-state index contributed by atoms with van der Waals surface area (Å²) in [5.41, 5.74) is 0.810. The molecule has 1 unspecified atom stereocenters. The molecule has 2 atom stereocenters. The van der Waals surface area contributed by atoms with Crippen LogP contribution >= 0.6 is 0 Å². The molecule has 1 N–H and O–H groups in total. The highest BCUT2D eigenvalue weighted by atomic mass is 16.6. The minimum atomic E-state index is -1.05. The van der Waals surface area contributed by atoms with Crippen molar-refractivity contribution in [3.8, 4) is 11.5 Å². The standard InChI is InChI=1S/C16H19NO6/c1-10-8-17(9-14(23-10)16(19)20)15(18)7-11-2-3-12-13(6-11)22-5-4-21-12/h2-3,6,10,14H,4-5,7-9H2,1H3,(H,19,20)/t10-,14?/m1/s1. The Kier molecular flexibility index (Phi) is 4.38. The van der Waals surface area contributed by atoms with E-state index in [-0.39, 0.29) is 25.0 Å². The molecule has 0 saturated carbocycles. The second-order valence-electron chi connectivity index (χ2n) is 5.73. The topological polar surface area (TPSA) is 85.3 Å². The maximum absolute atomic E-state index is 12.5. The van der Waals surface area contributed by atoms with Crippen molar-refractivity contribution in [3.63, 3.8) is 0 Å².